The molecule has 0 aromatic rings. The number of hydrogen-bond acceptors (Lipinski definition) is 4. The minimum absolute atomic E-state index is 0. The van der Waals surface area contributed by atoms with Crippen molar-refractivity contribution in [2.24, 2.45) is 10.4 Å². The lowest BCUT2D eigenvalue weighted by Crippen LogP contribution is -2.57. The highest BCUT2D eigenvalue weighted by atomic mass is 127. The summed E-state index contributed by atoms with van der Waals surface area (Å²) in [5, 5.41) is 3.36. The maximum absolute atomic E-state index is 12.3. The van der Waals surface area contributed by atoms with Crippen molar-refractivity contribution in [3.05, 3.63) is 0 Å². The molecule has 0 bridgehead atoms. The van der Waals surface area contributed by atoms with Crippen molar-refractivity contribution in [3.63, 3.8) is 0 Å². The predicted octanol–water partition coefficient (Wildman–Crippen LogP) is 2.68. The normalized spacial score (nSPS) is 24.2. The number of nitrogens with zero attached hydrogens (tertiary/aromatic N) is 2. The number of guanidine groups is 1. The molecule has 0 unspecified atom stereocenters. The van der Waals surface area contributed by atoms with Gasteiger partial charge in [-0.2, -0.15) is 0 Å². The maximum Gasteiger partial charge on any atom is 0.194 e. The summed E-state index contributed by atoms with van der Waals surface area (Å²) in [7, 11) is -1.28. The summed E-state index contributed by atoms with van der Waals surface area (Å²) in [6, 6.07) is 0. The van der Waals surface area contributed by atoms with Gasteiger partial charge in [0.05, 0.1) is 10.5 Å². The fourth-order valence-corrected chi connectivity index (χ4v) is 5.29. The molecular formula is C18H36IN3O3S. The zero-order valence-electron chi connectivity index (χ0n) is 16.7. The first-order valence-corrected chi connectivity index (χ1v) is 11.1. The summed E-state index contributed by atoms with van der Waals surface area (Å²) in [6.07, 6.45) is 6.00. The van der Waals surface area contributed by atoms with Crippen molar-refractivity contribution in [2.45, 2.75) is 57.6 Å². The van der Waals surface area contributed by atoms with Gasteiger partial charge in [0.2, 0.25) is 0 Å². The van der Waals surface area contributed by atoms with E-state index >= 15 is 0 Å². The largest absolute Gasteiger partial charge is 0.385 e. The number of halogens is 1. The third-order valence-corrected chi connectivity index (χ3v) is 8.28. The zero-order chi connectivity index (χ0) is 18.6. The van der Waals surface area contributed by atoms with E-state index in [4.69, 9.17) is 9.73 Å². The van der Waals surface area contributed by atoms with Gasteiger partial charge in [-0.3, -0.25) is 4.99 Å². The fourth-order valence-electron chi connectivity index (χ4n) is 3.92. The molecule has 1 heterocycles. The molecule has 0 radical (unpaired) electrons. The number of nitrogens with one attached hydrogen (secondary N) is 1. The van der Waals surface area contributed by atoms with Crippen LogP contribution in [0.25, 0.3) is 0 Å². The van der Waals surface area contributed by atoms with Gasteiger partial charge < -0.3 is 15.0 Å². The van der Waals surface area contributed by atoms with Crippen LogP contribution in [-0.2, 0) is 14.6 Å². The number of rotatable bonds is 6. The number of hydrogen-bond donors (Lipinski definition) is 1. The summed E-state index contributed by atoms with van der Waals surface area (Å²) in [5.74, 6) is 1.05. The Balaban J connectivity index is 0.00000338. The molecule has 0 spiro atoms. The van der Waals surface area contributed by atoms with E-state index in [9.17, 15) is 8.42 Å². The second-order valence-electron chi connectivity index (χ2n) is 8.12. The van der Waals surface area contributed by atoms with Crippen LogP contribution in [0.15, 0.2) is 4.99 Å². The molecule has 26 heavy (non-hydrogen) atoms. The molecule has 1 aliphatic carbocycles. The Morgan fingerprint density at radius 2 is 1.92 bits per heavy atom. The lowest BCUT2D eigenvalue weighted by Gasteiger charge is -2.39. The molecule has 1 N–H and O–H groups in total. The molecule has 0 atom stereocenters. The van der Waals surface area contributed by atoms with E-state index in [1.807, 2.05) is 13.8 Å². The van der Waals surface area contributed by atoms with Crippen molar-refractivity contribution >= 4 is 39.8 Å². The Kier molecular flexibility index (Phi) is 9.13. The second kappa shape index (κ2) is 9.91. The molecule has 1 saturated heterocycles. The van der Waals surface area contributed by atoms with E-state index in [1.54, 1.807) is 7.11 Å². The van der Waals surface area contributed by atoms with Gasteiger partial charge in [-0.05, 0) is 45.4 Å². The van der Waals surface area contributed by atoms with Crippen molar-refractivity contribution < 1.29 is 13.2 Å². The molecule has 2 aliphatic rings. The van der Waals surface area contributed by atoms with Crippen LogP contribution in [0.4, 0.5) is 0 Å². The highest BCUT2D eigenvalue weighted by molar-refractivity contribution is 14.0. The quantitative estimate of drug-likeness (QED) is 0.344. The van der Waals surface area contributed by atoms with E-state index in [2.05, 4.69) is 17.1 Å². The Bertz CT molecular complexity index is 572. The molecule has 1 aliphatic heterocycles. The topological polar surface area (TPSA) is 71.0 Å². The van der Waals surface area contributed by atoms with Crippen LogP contribution in [0.5, 0.6) is 0 Å². The molecule has 1 saturated carbocycles. The Labute approximate surface area is 176 Å². The molecule has 0 amide bonds. The Hall–Kier alpha value is -0.0900. The van der Waals surface area contributed by atoms with Crippen LogP contribution in [0.2, 0.25) is 0 Å². The second-order valence-corrected chi connectivity index (χ2v) is 10.9. The highest BCUT2D eigenvalue weighted by Gasteiger charge is 2.41. The molecule has 2 fully saturated rings. The van der Waals surface area contributed by atoms with E-state index in [0.29, 0.717) is 13.1 Å². The lowest BCUT2D eigenvalue weighted by molar-refractivity contribution is 0.141. The van der Waals surface area contributed by atoms with Gasteiger partial charge in [0, 0.05) is 39.9 Å². The molecular weight excluding hydrogens is 465 g/mol. The average Bonchev–Trinajstić information content (AvgIpc) is 3.01. The van der Waals surface area contributed by atoms with Gasteiger partial charge >= 0.3 is 0 Å². The summed E-state index contributed by atoms with van der Waals surface area (Å²) in [6.45, 7) is 9.05. The first-order valence-electron chi connectivity index (χ1n) is 9.50. The molecule has 0 aromatic heterocycles. The maximum atomic E-state index is 12.3. The van der Waals surface area contributed by atoms with E-state index in [-0.39, 0.29) is 35.1 Å². The summed E-state index contributed by atoms with van der Waals surface area (Å²) < 4.78 is 29.1. The number of aliphatic imine (C=N–C) groups is 1. The Morgan fingerprint density at radius 1 is 1.27 bits per heavy atom. The monoisotopic (exact) mass is 501 g/mol. The number of methoxy groups -OCH3 is 1. The molecule has 154 valence electrons. The number of sulfone groups is 1. The van der Waals surface area contributed by atoms with Crippen molar-refractivity contribution in [3.8, 4) is 0 Å². The van der Waals surface area contributed by atoms with E-state index in [1.165, 1.54) is 25.7 Å². The SMILES string of the molecule is CCNC(=NCC1(CCOC)CCCC1)N1CCS(=O)(=O)C(C)(C)C1.I. The van der Waals surface area contributed by atoms with Crippen LogP contribution in [0.3, 0.4) is 0 Å². The standard InChI is InChI=1S/C18H35N3O3S.HI/c1-5-19-16(21-11-13-25(22,23)17(2,3)15-21)20-14-18(10-12-24-4)8-6-7-9-18;/h5-15H2,1-4H3,(H,19,20);1H. The van der Waals surface area contributed by atoms with Crippen molar-refractivity contribution in [1.82, 2.24) is 10.2 Å². The van der Waals surface area contributed by atoms with Gasteiger partial charge in [0.1, 0.15) is 0 Å². The smallest absolute Gasteiger partial charge is 0.194 e. The molecule has 0 aromatic carbocycles. The van der Waals surface area contributed by atoms with Gasteiger partial charge in [-0.15, -0.1) is 24.0 Å². The third kappa shape index (κ3) is 5.70. The minimum Gasteiger partial charge on any atom is -0.385 e. The first-order chi connectivity index (χ1) is 11.8. The van der Waals surface area contributed by atoms with Crippen LogP contribution in [-0.4, -0.2) is 69.7 Å². The fraction of sp³-hybridized carbons (Fsp3) is 0.944. The summed E-state index contributed by atoms with van der Waals surface area (Å²) in [4.78, 5) is 7.05. The molecule has 2 rings (SSSR count). The van der Waals surface area contributed by atoms with E-state index < -0.39 is 14.6 Å². The zero-order valence-corrected chi connectivity index (χ0v) is 19.9. The Morgan fingerprint density at radius 3 is 2.46 bits per heavy atom. The summed E-state index contributed by atoms with van der Waals surface area (Å²) >= 11 is 0. The van der Waals surface area contributed by atoms with Crippen LogP contribution in [0, 0.1) is 5.41 Å². The van der Waals surface area contributed by atoms with Gasteiger partial charge in [-0.1, -0.05) is 12.8 Å². The average molecular weight is 501 g/mol. The predicted molar refractivity (Wildman–Crippen MR) is 118 cm³/mol. The van der Waals surface area contributed by atoms with Crippen LogP contribution in [0.1, 0.15) is 52.9 Å². The van der Waals surface area contributed by atoms with Crippen molar-refractivity contribution in [1.29, 1.82) is 0 Å². The van der Waals surface area contributed by atoms with Crippen LogP contribution < -0.4 is 5.32 Å². The summed E-state index contributed by atoms with van der Waals surface area (Å²) in [5.41, 5.74) is 0.244. The number of ether oxygens (including phenoxy) is 1. The first kappa shape index (κ1) is 23.9. The van der Waals surface area contributed by atoms with Crippen molar-refractivity contribution in [2.75, 3.05) is 45.6 Å². The van der Waals surface area contributed by atoms with Crippen LogP contribution >= 0.6 is 24.0 Å². The lowest BCUT2D eigenvalue weighted by atomic mass is 9.83. The minimum atomic E-state index is -3.04. The van der Waals surface area contributed by atoms with Gasteiger partial charge in [0.15, 0.2) is 15.8 Å². The van der Waals surface area contributed by atoms with E-state index in [0.717, 1.165) is 32.1 Å². The van der Waals surface area contributed by atoms with Gasteiger partial charge in [-0.25, -0.2) is 8.42 Å². The third-order valence-electron chi connectivity index (χ3n) is 5.74. The molecule has 8 heteroatoms. The highest BCUT2D eigenvalue weighted by Crippen LogP contribution is 2.41. The van der Waals surface area contributed by atoms with Gasteiger partial charge in [0.25, 0.3) is 0 Å². The molecule has 6 nitrogen and oxygen atoms in total.